The minimum atomic E-state index is -0.610. The zero-order valence-corrected chi connectivity index (χ0v) is 18.9. The Hall–Kier alpha value is -3.87. The van der Waals surface area contributed by atoms with Crippen LogP contribution in [0, 0.1) is 0 Å². The summed E-state index contributed by atoms with van der Waals surface area (Å²) < 4.78 is 12.1. The second kappa shape index (κ2) is 7.92. The summed E-state index contributed by atoms with van der Waals surface area (Å²) in [5.41, 5.74) is 0.897. The van der Waals surface area contributed by atoms with Crippen molar-refractivity contribution in [1.29, 1.82) is 0 Å². The molecule has 0 saturated carbocycles. The van der Waals surface area contributed by atoms with Crippen LogP contribution < -0.4 is 10.2 Å². The Bertz CT molecular complexity index is 1390. The van der Waals surface area contributed by atoms with Crippen LogP contribution in [0.15, 0.2) is 45.1 Å². The van der Waals surface area contributed by atoms with Crippen LogP contribution in [0.1, 0.15) is 45.2 Å². The molecule has 1 aliphatic rings. The molecule has 0 spiro atoms. The first-order valence-corrected chi connectivity index (χ1v) is 10.6. The third kappa shape index (κ3) is 4.02. The summed E-state index contributed by atoms with van der Waals surface area (Å²) in [6, 6.07) is 3.53. The Labute approximate surface area is 190 Å². The van der Waals surface area contributed by atoms with E-state index in [4.69, 9.17) is 9.15 Å². The number of allylic oxidation sites excluding steroid dienone is 2. The van der Waals surface area contributed by atoms with Gasteiger partial charge in [0.15, 0.2) is 22.5 Å². The van der Waals surface area contributed by atoms with Gasteiger partial charge in [-0.3, -0.25) is 4.79 Å². The molecule has 0 aliphatic carbocycles. The molecule has 0 atom stereocenters. The lowest BCUT2D eigenvalue weighted by Crippen LogP contribution is -2.27. The van der Waals surface area contributed by atoms with Crippen LogP contribution in [0.5, 0.6) is 28.7 Å². The summed E-state index contributed by atoms with van der Waals surface area (Å²) >= 11 is 0. The highest BCUT2D eigenvalue weighted by molar-refractivity contribution is 5.95. The molecule has 1 aliphatic heterocycles. The highest BCUT2D eigenvalue weighted by Gasteiger charge is 2.28. The molecule has 33 heavy (non-hydrogen) atoms. The van der Waals surface area contributed by atoms with Crippen LogP contribution in [0.3, 0.4) is 0 Å². The fraction of sp³-hybridized carbons (Fsp3) is 0.269. The van der Waals surface area contributed by atoms with Crippen LogP contribution in [0.25, 0.3) is 28.4 Å². The normalized spacial score (nSPS) is 14.1. The van der Waals surface area contributed by atoms with Gasteiger partial charge in [0.25, 0.3) is 0 Å². The van der Waals surface area contributed by atoms with E-state index >= 15 is 0 Å². The maximum Gasteiger partial charge on any atom is 0.200 e. The van der Waals surface area contributed by atoms with E-state index in [2.05, 4.69) is 0 Å². The molecule has 172 valence electrons. The first-order valence-electron chi connectivity index (χ1n) is 10.6. The van der Waals surface area contributed by atoms with Crippen LogP contribution in [0.4, 0.5) is 0 Å². The van der Waals surface area contributed by atoms with Gasteiger partial charge in [0.1, 0.15) is 34.0 Å². The number of ether oxygens (including phenoxy) is 1. The molecule has 0 bridgehead atoms. The molecule has 0 fully saturated rings. The quantitative estimate of drug-likeness (QED) is 0.240. The fourth-order valence-corrected chi connectivity index (χ4v) is 3.92. The van der Waals surface area contributed by atoms with Gasteiger partial charge in [0, 0.05) is 17.7 Å². The van der Waals surface area contributed by atoms with E-state index in [-0.39, 0.29) is 45.8 Å². The summed E-state index contributed by atoms with van der Waals surface area (Å²) in [7, 11) is 0. The van der Waals surface area contributed by atoms with Crippen molar-refractivity contribution in [3.63, 3.8) is 0 Å². The number of hydrogen-bond acceptors (Lipinski definition) is 7. The van der Waals surface area contributed by atoms with Crippen molar-refractivity contribution >= 4 is 17.0 Å². The summed E-state index contributed by atoms with van der Waals surface area (Å²) in [5.74, 6) is -1.19. The van der Waals surface area contributed by atoms with Gasteiger partial charge in [0.05, 0.1) is 11.1 Å². The van der Waals surface area contributed by atoms with E-state index in [1.807, 2.05) is 39.8 Å². The maximum absolute atomic E-state index is 13.6. The molecule has 3 aromatic rings. The second-order valence-corrected chi connectivity index (χ2v) is 8.97. The van der Waals surface area contributed by atoms with Gasteiger partial charge in [-0.15, -0.1) is 0 Å². The molecule has 7 nitrogen and oxygen atoms in total. The summed E-state index contributed by atoms with van der Waals surface area (Å²) in [5, 5.41) is 41.0. The molecule has 4 rings (SSSR count). The number of fused-ring (bicyclic) bond motifs is 3. The fourth-order valence-electron chi connectivity index (χ4n) is 3.92. The molecule has 2 aromatic carbocycles. The van der Waals surface area contributed by atoms with Crippen molar-refractivity contribution in [2.45, 2.75) is 46.1 Å². The standard InChI is InChI=1S/C26H26O7/c1-13(2)6-5-7-15-23(31)22-20(30)12-21-14(8-9-26(3,4)33-21)25(22)32-24(15)16-10-18(28)19(29)11-17(16)27/h6,8-12,27-30H,5,7H2,1-4H3. The van der Waals surface area contributed by atoms with E-state index in [0.717, 1.165) is 17.7 Å². The number of benzene rings is 2. The zero-order chi connectivity index (χ0) is 24.1. The first kappa shape index (κ1) is 22.3. The molecule has 7 heteroatoms. The third-order valence-corrected chi connectivity index (χ3v) is 5.55. The van der Waals surface area contributed by atoms with E-state index in [1.54, 1.807) is 6.08 Å². The van der Waals surface area contributed by atoms with Crippen LogP contribution in [-0.2, 0) is 6.42 Å². The Morgan fingerprint density at radius 2 is 1.70 bits per heavy atom. The van der Waals surface area contributed by atoms with E-state index in [9.17, 15) is 25.2 Å². The van der Waals surface area contributed by atoms with Gasteiger partial charge in [0.2, 0.25) is 0 Å². The van der Waals surface area contributed by atoms with Crippen molar-refractivity contribution in [3.05, 3.63) is 57.3 Å². The lowest BCUT2D eigenvalue weighted by molar-refractivity contribution is 0.158. The molecule has 0 saturated heterocycles. The highest BCUT2D eigenvalue weighted by Crippen LogP contribution is 2.44. The molecule has 2 heterocycles. The number of phenols is 4. The second-order valence-electron chi connectivity index (χ2n) is 8.97. The predicted octanol–water partition coefficient (Wildman–Crippen LogP) is 5.37. The Balaban J connectivity index is 2.07. The van der Waals surface area contributed by atoms with Gasteiger partial charge >= 0.3 is 0 Å². The molecule has 0 unspecified atom stereocenters. The van der Waals surface area contributed by atoms with Gasteiger partial charge in [-0.05, 0) is 58.8 Å². The van der Waals surface area contributed by atoms with Gasteiger partial charge in [-0.25, -0.2) is 0 Å². The smallest absolute Gasteiger partial charge is 0.200 e. The van der Waals surface area contributed by atoms with Crippen molar-refractivity contribution in [2.24, 2.45) is 0 Å². The van der Waals surface area contributed by atoms with Gasteiger partial charge in [-0.2, -0.15) is 0 Å². The van der Waals surface area contributed by atoms with Crippen LogP contribution >= 0.6 is 0 Å². The Morgan fingerprint density at radius 3 is 2.39 bits per heavy atom. The van der Waals surface area contributed by atoms with E-state index in [1.165, 1.54) is 6.07 Å². The molecular formula is C26H26O7. The molecule has 0 radical (unpaired) electrons. The average molecular weight is 450 g/mol. The topological polar surface area (TPSA) is 120 Å². The van der Waals surface area contributed by atoms with Crippen molar-refractivity contribution < 1.29 is 29.6 Å². The molecule has 4 N–H and O–H groups in total. The first-order chi connectivity index (χ1) is 15.5. The van der Waals surface area contributed by atoms with E-state index in [0.29, 0.717) is 17.7 Å². The van der Waals surface area contributed by atoms with Crippen LogP contribution in [-0.4, -0.2) is 26.0 Å². The number of phenolic OH excluding ortho intramolecular Hbond substituents is 4. The van der Waals surface area contributed by atoms with Crippen molar-refractivity contribution in [2.75, 3.05) is 0 Å². The Kier molecular flexibility index (Phi) is 5.36. The van der Waals surface area contributed by atoms with Crippen LogP contribution in [0.2, 0.25) is 0 Å². The zero-order valence-electron chi connectivity index (χ0n) is 18.9. The van der Waals surface area contributed by atoms with Gasteiger partial charge < -0.3 is 29.6 Å². The monoisotopic (exact) mass is 450 g/mol. The average Bonchev–Trinajstić information content (AvgIpc) is 2.70. The molecule has 1 aromatic heterocycles. The van der Waals surface area contributed by atoms with E-state index < -0.39 is 22.5 Å². The SMILES string of the molecule is CC(C)=CCCc1c(-c2cc(O)c(O)cc2O)oc2c3c(cc(O)c2c1=O)OC(C)(C)C=C3. The summed E-state index contributed by atoms with van der Waals surface area (Å²) in [6.07, 6.45) is 6.35. The largest absolute Gasteiger partial charge is 0.507 e. The third-order valence-electron chi connectivity index (χ3n) is 5.55. The van der Waals surface area contributed by atoms with Gasteiger partial charge in [-0.1, -0.05) is 11.6 Å². The highest BCUT2D eigenvalue weighted by atomic mass is 16.5. The lowest BCUT2D eigenvalue weighted by Gasteiger charge is -2.28. The van der Waals surface area contributed by atoms with Crippen molar-refractivity contribution in [1.82, 2.24) is 0 Å². The molecular weight excluding hydrogens is 424 g/mol. The number of rotatable bonds is 4. The number of hydrogen-bond donors (Lipinski definition) is 4. The maximum atomic E-state index is 13.6. The minimum absolute atomic E-state index is 0.0140. The lowest BCUT2D eigenvalue weighted by atomic mass is 9.96. The van der Waals surface area contributed by atoms with Crippen molar-refractivity contribution in [3.8, 4) is 40.1 Å². The number of aromatic hydroxyl groups is 4. The molecule has 0 amide bonds. The summed E-state index contributed by atoms with van der Waals surface area (Å²) in [4.78, 5) is 13.6. The summed E-state index contributed by atoms with van der Waals surface area (Å²) in [6.45, 7) is 7.61. The Morgan fingerprint density at radius 1 is 1.00 bits per heavy atom. The predicted molar refractivity (Wildman–Crippen MR) is 126 cm³/mol. The minimum Gasteiger partial charge on any atom is -0.507 e.